The number of hydrogen-bond donors (Lipinski definition) is 2. The Balaban J connectivity index is 1.72. The van der Waals surface area contributed by atoms with E-state index in [2.05, 4.69) is 18.1 Å². The molecule has 1 saturated carbocycles. The van der Waals surface area contributed by atoms with Gasteiger partial charge in [0, 0.05) is 19.5 Å². The van der Waals surface area contributed by atoms with Gasteiger partial charge in [-0.15, -0.1) is 0 Å². The van der Waals surface area contributed by atoms with Gasteiger partial charge in [-0.05, 0) is 24.0 Å². The zero-order valence-corrected chi connectivity index (χ0v) is 9.76. The fourth-order valence-corrected chi connectivity index (χ4v) is 2.23. The molecule has 1 N–H and O–H groups in total. The van der Waals surface area contributed by atoms with Crippen LogP contribution in [0.15, 0.2) is 0 Å². The normalized spacial score (nSPS) is 24.9. The minimum absolute atomic E-state index is 0.128. The lowest BCUT2D eigenvalue weighted by molar-refractivity contribution is -0.129. The highest BCUT2D eigenvalue weighted by molar-refractivity contribution is 7.80. The Morgan fingerprint density at radius 2 is 2.07 bits per heavy atom. The van der Waals surface area contributed by atoms with Gasteiger partial charge in [0.2, 0.25) is 5.91 Å². The first-order valence-corrected chi connectivity index (χ1v) is 6.10. The van der Waals surface area contributed by atoms with Crippen LogP contribution >= 0.6 is 12.6 Å². The minimum Gasteiger partial charge on any atom is -0.379 e. The van der Waals surface area contributed by atoms with Crippen LogP contribution in [-0.4, -0.2) is 43.0 Å². The Morgan fingerprint density at radius 1 is 1.40 bits per heavy atom. The monoisotopic (exact) mass is 230 g/mol. The molecule has 5 heteroatoms. The maximum Gasteiger partial charge on any atom is 0.234 e. The third kappa shape index (κ3) is 3.09. The van der Waals surface area contributed by atoms with E-state index in [1.807, 2.05) is 5.01 Å². The van der Waals surface area contributed by atoms with Crippen molar-refractivity contribution in [2.75, 3.05) is 32.1 Å². The molecule has 2 rings (SSSR count). The molecule has 1 aliphatic heterocycles. The van der Waals surface area contributed by atoms with Gasteiger partial charge >= 0.3 is 0 Å². The highest BCUT2D eigenvalue weighted by atomic mass is 32.1. The Morgan fingerprint density at radius 3 is 2.60 bits per heavy atom. The molecule has 2 aliphatic rings. The Labute approximate surface area is 95.7 Å². The number of carbonyl (C=O) groups is 1. The summed E-state index contributed by atoms with van der Waals surface area (Å²) in [4.78, 5) is 11.7. The van der Waals surface area contributed by atoms with Crippen LogP contribution in [0.3, 0.4) is 0 Å². The van der Waals surface area contributed by atoms with Crippen LogP contribution in [0.4, 0.5) is 0 Å². The van der Waals surface area contributed by atoms with Crippen molar-refractivity contribution in [2.45, 2.75) is 19.3 Å². The zero-order chi connectivity index (χ0) is 10.7. The topological polar surface area (TPSA) is 41.6 Å². The molecule has 4 nitrogen and oxygen atoms in total. The second-order valence-corrected chi connectivity index (χ2v) is 4.79. The Hall–Kier alpha value is -0.260. The van der Waals surface area contributed by atoms with Crippen LogP contribution in [-0.2, 0) is 9.53 Å². The lowest BCUT2D eigenvalue weighted by Crippen LogP contribution is -2.48. The molecule has 2 fully saturated rings. The average Bonchev–Trinajstić information content (AvgIpc) is 3.00. The van der Waals surface area contributed by atoms with Crippen LogP contribution < -0.4 is 5.43 Å². The number of ether oxygens (including phenoxy) is 1. The standard InChI is InChI=1S/C10H18N2O2S/c13-9(7-10(8-15)1-2-10)11-12-3-5-14-6-4-12/h15H,1-8H2,(H,11,13). The molecule has 1 heterocycles. The molecule has 0 spiro atoms. The first-order valence-electron chi connectivity index (χ1n) is 5.47. The number of thiol groups is 1. The van der Waals surface area contributed by atoms with Crippen LogP contribution in [0.1, 0.15) is 19.3 Å². The first-order chi connectivity index (χ1) is 7.24. The molecular weight excluding hydrogens is 212 g/mol. The summed E-state index contributed by atoms with van der Waals surface area (Å²) in [5, 5.41) is 1.94. The first kappa shape index (κ1) is 11.2. The van der Waals surface area contributed by atoms with E-state index in [0.29, 0.717) is 19.6 Å². The SMILES string of the molecule is O=C(CC1(CS)CC1)NN1CCOCC1. The van der Waals surface area contributed by atoms with Crippen LogP contribution in [0.2, 0.25) is 0 Å². The summed E-state index contributed by atoms with van der Waals surface area (Å²) in [7, 11) is 0. The van der Waals surface area contributed by atoms with E-state index in [1.54, 1.807) is 0 Å². The van der Waals surface area contributed by atoms with Crippen molar-refractivity contribution in [1.82, 2.24) is 10.4 Å². The van der Waals surface area contributed by atoms with Crippen molar-refractivity contribution >= 4 is 18.5 Å². The summed E-state index contributed by atoms with van der Waals surface area (Å²) in [6.07, 6.45) is 2.91. The molecular formula is C10H18N2O2S. The van der Waals surface area contributed by atoms with E-state index in [9.17, 15) is 4.79 Å². The Kier molecular flexibility index (Phi) is 3.53. The average molecular weight is 230 g/mol. The molecule has 0 radical (unpaired) electrons. The maximum absolute atomic E-state index is 11.7. The van der Waals surface area contributed by atoms with E-state index in [1.165, 1.54) is 0 Å². The van der Waals surface area contributed by atoms with Gasteiger partial charge < -0.3 is 4.74 Å². The predicted octanol–water partition coefficient (Wildman–Crippen LogP) is 0.450. The minimum atomic E-state index is 0.128. The molecule has 1 aliphatic carbocycles. The van der Waals surface area contributed by atoms with E-state index >= 15 is 0 Å². The Bertz CT molecular complexity index is 238. The van der Waals surface area contributed by atoms with Crippen molar-refractivity contribution in [3.63, 3.8) is 0 Å². The molecule has 1 saturated heterocycles. The van der Waals surface area contributed by atoms with Gasteiger partial charge in [-0.3, -0.25) is 10.2 Å². The van der Waals surface area contributed by atoms with Gasteiger partial charge in [0.05, 0.1) is 13.2 Å². The molecule has 0 aromatic rings. The number of carbonyl (C=O) groups excluding carboxylic acids is 1. The zero-order valence-electron chi connectivity index (χ0n) is 8.87. The van der Waals surface area contributed by atoms with Gasteiger partial charge in [0.15, 0.2) is 0 Å². The van der Waals surface area contributed by atoms with Crippen LogP contribution in [0.25, 0.3) is 0 Å². The van der Waals surface area contributed by atoms with Gasteiger partial charge in [-0.2, -0.15) is 12.6 Å². The smallest absolute Gasteiger partial charge is 0.234 e. The van der Waals surface area contributed by atoms with Crippen molar-refractivity contribution in [3.8, 4) is 0 Å². The summed E-state index contributed by atoms with van der Waals surface area (Å²) < 4.78 is 5.21. The van der Waals surface area contributed by atoms with Crippen LogP contribution in [0, 0.1) is 5.41 Å². The van der Waals surface area contributed by atoms with Gasteiger partial charge in [-0.25, -0.2) is 5.01 Å². The maximum atomic E-state index is 11.7. The van der Waals surface area contributed by atoms with Crippen LogP contribution in [0.5, 0.6) is 0 Å². The van der Waals surface area contributed by atoms with Crippen molar-refractivity contribution in [3.05, 3.63) is 0 Å². The fourth-order valence-electron chi connectivity index (χ4n) is 1.80. The summed E-state index contributed by atoms with van der Waals surface area (Å²) in [6, 6.07) is 0. The fraction of sp³-hybridized carbons (Fsp3) is 0.900. The predicted molar refractivity (Wildman–Crippen MR) is 60.7 cm³/mol. The number of rotatable bonds is 4. The summed E-state index contributed by atoms with van der Waals surface area (Å²) in [5.74, 6) is 0.951. The molecule has 15 heavy (non-hydrogen) atoms. The van der Waals surface area contributed by atoms with Gasteiger partial charge in [0.1, 0.15) is 0 Å². The lowest BCUT2D eigenvalue weighted by Gasteiger charge is -2.27. The van der Waals surface area contributed by atoms with E-state index in [-0.39, 0.29) is 11.3 Å². The van der Waals surface area contributed by atoms with Crippen molar-refractivity contribution < 1.29 is 9.53 Å². The summed E-state index contributed by atoms with van der Waals surface area (Å²) >= 11 is 4.29. The largest absolute Gasteiger partial charge is 0.379 e. The summed E-state index contributed by atoms with van der Waals surface area (Å²) in [5.41, 5.74) is 3.14. The third-order valence-electron chi connectivity index (χ3n) is 3.12. The van der Waals surface area contributed by atoms with Gasteiger partial charge in [0.25, 0.3) is 0 Å². The lowest BCUT2D eigenvalue weighted by atomic mass is 10.1. The molecule has 0 bridgehead atoms. The summed E-state index contributed by atoms with van der Waals surface area (Å²) in [6.45, 7) is 3.00. The molecule has 0 unspecified atom stereocenters. The van der Waals surface area contributed by atoms with E-state index < -0.39 is 0 Å². The quantitative estimate of drug-likeness (QED) is 0.689. The number of hydrogen-bond acceptors (Lipinski definition) is 4. The second-order valence-electron chi connectivity index (χ2n) is 4.47. The molecule has 1 amide bonds. The molecule has 0 atom stereocenters. The second kappa shape index (κ2) is 4.72. The number of nitrogens with one attached hydrogen (secondary N) is 1. The number of hydrazine groups is 1. The van der Waals surface area contributed by atoms with E-state index in [0.717, 1.165) is 31.7 Å². The highest BCUT2D eigenvalue weighted by Crippen LogP contribution is 2.49. The number of amides is 1. The van der Waals surface area contributed by atoms with Crippen molar-refractivity contribution in [1.29, 1.82) is 0 Å². The molecule has 0 aromatic carbocycles. The highest BCUT2D eigenvalue weighted by Gasteiger charge is 2.43. The molecule has 86 valence electrons. The molecule has 0 aromatic heterocycles. The van der Waals surface area contributed by atoms with Gasteiger partial charge in [-0.1, -0.05) is 0 Å². The van der Waals surface area contributed by atoms with Crippen molar-refractivity contribution in [2.24, 2.45) is 5.41 Å². The van der Waals surface area contributed by atoms with E-state index in [4.69, 9.17) is 4.74 Å². The number of nitrogens with zero attached hydrogens (tertiary/aromatic N) is 1. The number of morpholine rings is 1. The third-order valence-corrected chi connectivity index (χ3v) is 3.79.